The van der Waals surface area contributed by atoms with Crippen molar-refractivity contribution in [3.63, 3.8) is 0 Å². The van der Waals surface area contributed by atoms with Crippen LogP contribution in [0.15, 0.2) is 36.7 Å². The van der Waals surface area contributed by atoms with Crippen LogP contribution in [0.25, 0.3) is 10.9 Å². The van der Waals surface area contributed by atoms with Crippen molar-refractivity contribution in [3.05, 3.63) is 47.8 Å². The van der Waals surface area contributed by atoms with Gasteiger partial charge in [-0.25, -0.2) is 9.97 Å². The molecule has 0 spiro atoms. The SMILES string of the molecule is C#Cc1cccc(N(C)c2ncnc3cc(OCCOC)c(OCCOC)c(C)c23)c1. The quantitative estimate of drug-likeness (QED) is 0.365. The molecule has 0 saturated heterocycles. The zero-order valence-electron chi connectivity index (χ0n) is 18.3. The number of methoxy groups -OCH3 is 2. The number of nitrogens with zero attached hydrogens (tertiary/aromatic N) is 3. The average Bonchev–Trinajstić information content (AvgIpc) is 2.80. The topological polar surface area (TPSA) is 65.9 Å². The summed E-state index contributed by atoms with van der Waals surface area (Å²) < 4.78 is 22.2. The molecule has 7 heteroatoms. The Morgan fingerprint density at radius 1 is 1.00 bits per heavy atom. The predicted molar refractivity (Wildman–Crippen MR) is 121 cm³/mol. The zero-order valence-corrected chi connectivity index (χ0v) is 18.3. The molecule has 2 aromatic carbocycles. The van der Waals surface area contributed by atoms with Crippen LogP contribution >= 0.6 is 0 Å². The minimum atomic E-state index is 0.395. The highest BCUT2D eigenvalue weighted by Crippen LogP contribution is 2.40. The summed E-state index contributed by atoms with van der Waals surface area (Å²) in [7, 11) is 5.22. The van der Waals surface area contributed by atoms with Crippen molar-refractivity contribution in [2.75, 3.05) is 52.6 Å². The van der Waals surface area contributed by atoms with Gasteiger partial charge in [-0.15, -0.1) is 6.42 Å². The fraction of sp³-hybridized carbons (Fsp3) is 0.333. The number of benzene rings is 2. The molecule has 162 valence electrons. The standard InChI is InChI=1S/C24H27N3O4/c1-6-18-8-7-9-19(14-18)27(3)24-22-17(2)23(31-13-11-29-5)21(30-12-10-28-4)15-20(22)25-16-26-24/h1,7-9,14-16H,10-13H2,2-5H3. The van der Waals surface area contributed by atoms with E-state index in [1.807, 2.05) is 49.2 Å². The van der Waals surface area contributed by atoms with E-state index in [0.29, 0.717) is 37.9 Å². The van der Waals surface area contributed by atoms with E-state index >= 15 is 0 Å². The maximum Gasteiger partial charge on any atom is 0.165 e. The maximum atomic E-state index is 6.03. The van der Waals surface area contributed by atoms with Gasteiger partial charge in [-0.2, -0.15) is 0 Å². The largest absolute Gasteiger partial charge is 0.487 e. The molecule has 7 nitrogen and oxygen atoms in total. The van der Waals surface area contributed by atoms with Crippen LogP contribution in [0.3, 0.4) is 0 Å². The minimum Gasteiger partial charge on any atom is -0.487 e. The van der Waals surface area contributed by atoms with Crippen molar-refractivity contribution in [3.8, 4) is 23.8 Å². The van der Waals surface area contributed by atoms with E-state index in [1.165, 1.54) is 0 Å². The van der Waals surface area contributed by atoms with Gasteiger partial charge >= 0.3 is 0 Å². The molecule has 0 fully saturated rings. The van der Waals surface area contributed by atoms with Crippen molar-refractivity contribution < 1.29 is 18.9 Å². The van der Waals surface area contributed by atoms with Crippen LogP contribution < -0.4 is 14.4 Å². The van der Waals surface area contributed by atoms with E-state index in [1.54, 1.807) is 20.5 Å². The van der Waals surface area contributed by atoms with Gasteiger partial charge in [0.15, 0.2) is 11.5 Å². The van der Waals surface area contributed by atoms with Crippen molar-refractivity contribution in [1.82, 2.24) is 9.97 Å². The van der Waals surface area contributed by atoms with Gasteiger partial charge in [0.1, 0.15) is 25.4 Å². The van der Waals surface area contributed by atoms with Crippen LogP contribution in [0.4, 0.5) is 11.5 Å². The number of aryl methyl sites for hydroxylation is 1. The summed E-state index contributed by atoms with van der Waals surface area (Å²) in [5, 5.41) is 0.877. The Hall–Kier alpha value is -3.34. The van der Waals surface area contributed by atoms with Crippen molar-refractivity contribution in [2.45, 2.75) is 6.92 Å². The Morgan fingerprint density at radius 3 is 2.45 bits per heavy atom. The van der Waals surface area contributed by atoms with Crippen LogP contribution in [-0.2, 0) is 9.47 Å². The number of hydrogen-bond acceptors (Lipinski definition) is 7. The van der Waals surface area contributed by atoms with E-state index in [0.717, 1.165) is 33.5 Å². The lowest BCUT2D eigenvalue weighted by Crippen LogP contribution is -2.14. The van der Waals surface area contributed by atoms with Gasteiger partial charge in [-0.3, -0.25) is 0 Å². The zero-order chi connectivity index (χ0) is 22.2. The van der Waals surface area contributed by atoms with Crippen molar-refractivity contribution in [2.24, 2.45) is 0 Å². The molecule has 31 heavy (non-hydrogen) atoms. The van der Waals surface area contributed by atoms with Crippen LogP contribution in [0.5, 0.6) is 11.5 Å². The van der Waals surface area contributed by atoms with Gasteiger partial charge in [-0.1, -0.05) is 12.0 Å². The molecule has 1 aromatic heterocycles. The third-order valence-electron chi connectivity index (χ3n) is 4.86. The molecule has 0 aliphatic rings. The molecule has 0 saturated carbocycles. The normalized spacial score (nSPS) is 10.7. The second-order valence-corrected chi connectivity index (χ2v) is 6.86. The number of ether oxygens (including phenoxy) is 4. The highest BCUT2D eigenvalue weighted by Gasteiger charge is 2.20. The highest BCUT2D eigenvalue weighted by atomic mass is 16.5. The number of aromatic nitrogens is 2. The van der Waals surface area contributed by atoms with Crippen molar-refractivity contribution in [1.29, 1.82) is 0 Å². The van der Waals surface area contributed by atoms with Gasteiger partial charge in [0.05, 0.1) is 24.1 Å². The van der Waals surface area contributed by atoms with Crippen LogP contribution in [0.1, 0.15) is 11.1 Å². The molecule has 0 atom stereocenters. The smallest absolute Gasteiger partial charge is 0.165 e. The molecular formula is C24H27N3O4. The lowest BCUT2D eigenvalue weighted by Gasteiger charge is -2.23. The van der Waals surface area contributed by atoms with Gasteiger partial charge < -0.3 is 23.8 Å². The third-order valence-corrected chi connectivity index (χ3v) is 4.86. The van der Waals surface area contributed by atoms with E-state index in [2.05, 4.69) is 15.9 Å². The second kappa shape index (κ2) is 10.6. The molecular weight excluding hydrogens is 394 g/mol. The first-order valence-electron chi connectivity index (χ1n) is 9.92. The van der Waals surface area contributed by atoms with Crippen molar-refractivity contribution >= 4 is 22.4 Å². The molecule has 0 radical (unpaired) electrons. The monoisotopic (exact) mass is 421 g/mol. The summed E-state index contributed by atoms with van der Waals surface area (Å²) >= 11 is 0. The maximum absolute atomic E-state index is 6.03. The first-order chi connectivity index (χ1) is 15.1. The van der Waals surface area contributed by atoms with Gasteiger partial charge in [-0.05, 0) is 25.1 Å². The van der Waals surface area contributed by atoms with Gasteiger partial charge in [0.2, 0.25) is 0 Å². The number of terminal acetylenes is 1. The molecule has 0 unspecified atom stereocenters. The molecule has 0 amide bonds. The molecule has 0 N–H and O–H groups in total. The molecule has 0 aliphatic carbocycles. The summed E-state index contributed by atoms with van der Waals surface area (Å²) in [5.41, 5.74) is 3.37. The Bertz CT molecular complexity index is 1080. The first kappa shape index (κ1) is 22.3. The first-order valence-corrected chi connectivity index (χ1v) is 9.92. The third kappa shape index (κ3) is 5.05. The second-order valence-electron chi connectivity index (χ2n) is 6.86. The minimum absolute atomic E-state index is 0.395. The summed E-state index contributed by atoms with van der Waals surface area (Å²) in [5.74, 6) is 4.67. The Balaban J connectivity index is 2.10. The van der Waals surface area contributed by atoms with E-state index in [-0.39, 0.29) is 0 Å². The van der Waals surface area contributed by atoms with Gasteiger partial charge in [0.25, 0.3) is 0 Å². The molecule has 3 rings (SSSR count). The number of hydrogen-bond donors (Lipinski definition) is 0. The fourth-order valence-electron chi connectivity index (χ4n) is 3.28. The van der Waals surface area contributed by atoms with Crippen LogP contribution in [0.2, 0.25) is 0 Å². The molecule has 3 aromatic rings. The molecule has 0 bridgehead atoms. The summed E-state index contributed by atoms with van der Waals surface area (Å²) in [4.78, 5) is 11.0. The lowest BCUT2D eigenvalue weighted by molar-refractivity contribution is 0.132. The average molecular weight is 421 g/mol. The highest BCUT2D eigenvalue weighted by molar-refractivity contribution is 5.96. The predicted octanol–water partition coefficient (Wildman–Crippen LogP) is 3.74. The van der Waals surface area contributed by atoms with E-state index < -0.39 is 0 Å². The number of anilines is 2. The summed E-state index contributed by atoms with van der Waals surface area (Å²) in [6.45, 7) is 3.71. The number of rotatable bonds is 10. The summed E-state index contributed by atoms with van der Waals surface area (Å²) in [6.07, 6.45) is 7.12. The Kier molecular flexibility index (Phi) is 7.65. The van der Waals surface area contributed by atoms with Crippen LogP contribution in [-0.4, -0.2) is 57.7 Å². The summed E-state index contributed by atoms with van der Waals surface area (Å²) in [6, 6.07) is 9.63. The van der Waals surface area contributed by atoms with Gasteiger partial charge in [0, 0.05) is 44.1 Å². The fourth-order valence-corrected chi connectivity index (χ4v) is 3.28. The van der Waals surface area contributed by atoms with Crippen LogP contribution in [0, 0.1) is 19.3 Å². The van der Waals surface area contributed by atoms with E-state index in [4.69, 9.17) is 25.4 Å². The molecule has 0 aliphatic heterocycles. The lowest BCUT2D eigenvalue weighted by atomic mass is 10.1. The Labute approximate surface area is 182 Å². The molecule has 1 heterocycles. The number of fused-ring (bicyclic) bond motifs is 1. The van der Waals surface area contributed by atoms with E-state index in [9.17, 15) is 0 Å². The Morgan fingerprint density at radius 2 is 1.74 bits per heavy atom.